The molecule has 0 saturated heterocycles. The Labute approximate surface area is 291 Å². The normalized spacial score (nSPS) is 12.3. The smallest absolute Gasteiger partial charge is 0.135 e. The van der Waals surface area contributed by atoms with Crippen LogP contribution < -0.4 is 4.90 Å². The van der Waals surface area contributed by atoms with Crippen LogP contribution in [0.4, 0.5) is 17.1 Å². The minimum Gasteiger partial charge on any atom is -0.456 e. The SMILES string of the molecule is CC(C)(C)c1cccc(N(c2ccc3cc4c(cc3c2)-c2cc3cc(-c5ccccc5)ccc3cc2-4)c2ccc3oc4ccccc4c3c2)c1. The zero-order valence-corrected chi connectivity index (χ0v) is 28.4. The zero-order valence-electron chi connectivity index (χ0n) is 28.4. The second-order valence-corrected chi connectivity index (χ2v) is 14.7. The number of furan rings is 1. The van der Waals surface area contributed by atoms with Crippen LogP contribution in [0.25, 0.3) is 76.9 Å². The van der Waals surface area contributed by atoms with Crippen molar-refractivity contribution in [2.45, 2.75) is 26.2 Å². The Bertz CT molecular complexity index is 2800. The first kappa shape index (κ1) is 28.9. The third-order valence-corrected chi connectivity index (χ3v) is 10.5. The molecule has 0 unspecified atom stereocenters. The van der Waals surface area contributed by atoms with Crippen LogP contribution in [0.3, 0.4) is 0 Å². The lowest BCUT2D eigenvalue weighted by Gasteiger charge is -2.29. The summed E-state index contributed by atoms with van der Waals surface area (Å²) in [7, 11) is 0. The molecule has 0 spiro atoms. The molecular formula is C48H35NO. The molecule has 0 bridgehead atoms. The summed E-state index contributed by atoms with van der Waals surface area (Å²) in [5.74, 6) is 0. The molecule has 0 amide bonds. The number of nitrogens with zero attached hydrogens (tertiary/aromatic N) is 1. The molecule has 0 radical (unpaired) electrons. The molecule has 0 N–H and O–H groups in total. The molecule has 8 aromatic carbocycles. The second kappa shape index (κ2) is 10.7. The summed E-state index contributed by atoms with van der Waals surface area (Å²) in [4.78, 5) is 2.39. The van der Waals surface area contributed by atoms with Gasteiger partial charge in [0.05, 0.1) is 0 Å². The van der Waals surface area contributed by atoms with Gasteiger partial charge in [0.2, 0.25) is 0 Å². The van der Waals surface area contributed by atoms with Crippen molar-refractivity contribution < 1.29 is 4.42 Å². The number of hydrogen-bond donors (Lipinski definition) is 0. The van der Waals surface area contributed by atoms with Crippen LogP contribution in [-0.4, -0.2) is 0 Å². The van der Waals surface area contributed by atoms with Crippen molar-refractivity contribution in [2.24, 2.45) is 0 Å². The fourth-order valence-electron chi connectivity index (χ4n) is 7.77. The Hall–Kier alpha value is -6.12. The molecule has 9 aromatic rings. The van der Waals surface area contributed by atoms with E-state index >= 15 is 0 Å². The van der Waals surface area contributed by atoms with Crippen LogP contribution in [-0.2, 0) is 5.41 Å². The summed E-state index contributed by atoms with van der Waals surface area (Å²) >= 11 is 0. The average Bonchev–Trinajstić information content (AvgIpc) is 3.51. The highest BCUT2D eigenvalue weighted by Crippen LogP contribution is 2.51. The highest BCUT2D eigenvalue weighted by molar-refractivity contribution is 6.13. The summed E-state index contributed by atoms with van der Waals surface area (Å²) in [6, 6.07) is 57.7. The topological polar surface area (TPSA) is 16.4 Å². The molecule has 0 atom stereocenters. The lowest BCUT2D eigenvalue weighted by atomic mass is 9.77. The van der Waals surface area contributed by atoms with Crippen LogP contribution in [0.1, 0.15) is 26.3 Å². The molecule has 1 aliphatic carbocycles. The van der Waals surface area contributed by atoms with E-state index in [1.807, 2.05) is 12.1 Å². The standard InChI is InChI=1S/C48H35NO/c1-48(2,3)36-12-9-13-37(28-36)49(39-20-21-47-45(29-39)40-14-7-8-15-46(40)50-47)38-19-18-33-25-42-41-24-32-17-16-31(30-10-5-4-6-11-30)22-34(32)26-43(41)44(42)27-35(33)23-38/h4-29H,1-3H3. The number of hydrogen-bond acceptors (Lipinski definition) is 2. The van der Waals surface area contributed by atoms with Gasteiger partial charge in [-0.1, -0.05) is 99.6 Å². The van der Waals surface area contributed by atoms with Crippen molar-refractivity contribution in [3.8, 4) is 33.4 Å². The Morgan fingerprint density at radius 1 is 0.400 bits per heavy atom. The summed E-state index contributed by atoms with van der Waals surface area (Å²) in [6.07, 6.45) is 0. The number of anilines is 3. The average molecular weight is 642 g/mol. The van der Waals surface area contributed by atoms with Gasteiger partial charge in [-0.3, -0.25) is 0 Å². The van der Waals surface area contributed by atoms with E-state index in [2.05, 4.69) is 171 Å². The summed E-state index contributed by atoms with van der Waals surface area (Å²) < 4.78 is 6.22. The van der Waals surface area contributed by atoms with E-state index in [1.54, 1.807) is 0 Å². The molecule has 50 heavy (non-hydrogen) atoms. The Morgan fingerprint density at radius 2 is 1.00 bits per heavy atom. The molecule has 0 aliphatic heterocycles. The van der Waals surface area contributed by atoms with Gasteiger partial charge in [-0.05, 0) is 145 Å². The van der Waals surface area contributed by atoms with E-state index in [1.165, 1.54) is 60.5 Å². The van der Waals surface area contributed by atoms with Crippen LogP contribution in [0.15, 0.2) is 162 Å². The first-order chi connectivity index (χ1) is 24.4. The largest absolute Gasteiger partial charge is 0.456 e. The number of para-hydroxylation sites is 1. The summed E-state index contributed by atoms with van der Waals surface area (Å²) in [5, 5.41) is 7.29. The summed E-state index contributed by atoms with van der Waals surface area (Å²) in [6.45, 7) is 6.83. The van der Waals surface area contributed by atoms with Gasteiger partial charge in [0.25, 0.3) is 0 Å². The molecule has 1 aliphatic rings. The minimum absolute atomic E-state index is 0.0253. The highest BCUT2D eigenvalue weighted by atomic mass is 16.3. The van der Waals surface area contributed by atoms with Gasteiger partial charge in [-0.2, -0.15) is 0 Å². The van der Waals surface area contributed by atoms with Crippen molar-refractivity contribution in [1.29, 1.82) is 0 Å². The molecule has 238 valence electrons. The van der Waals surface area contributed by atoms with Crippen molar-refractivity contribution in [1.82, 2.24) is 0 Å². The maximum atomic E-state index is 6.22. The Kier molecular flexibility index (Phi) is 6.17. The third kappa shape index (κ3) is 4.56. The van der Waals surface area contributed by atoms with Gasteiger partial charge in [-0.25, -0.2) is 0 Å². The number of benzene rings is 8. The monoisotopic (exact) mass is 641 g/mol. The molecule has 0 fully saturated rings. The number of rotatable bonds is 4. The molecule has 1 heterocycles. The Balaban J connectivity index is 1.11. The van der Waals surface area contributed by atoms with E-state index in [-0.39, 0.29) is 5.41 Å². The second-order valence-electron chi connectivity index (χ2n) is 14.7. The lowest BCUT2D eigenvalue weighted by molar-refractivity contribution is 0.590. The first-order valence-electron chi connectivity index (χ1n) is 17.4. The van der Waals surface area contributed by atoms with E-state index in [4.69, 9.17) is 4.42 Å². The van der Waals surface area contributed by atoms with E-state index in [9.17, 15) is 0 Å². The maximum absolute atomic E-state index is 6.22. The quantitative estimate of drug-likeness (QED) is 0.190. The molecule has 2 heteroatoms. The van der Waals surface area contributed by atoms with Gasteiger partial charge >= 0.3 is 0 Å². The minimum atomic E-state index is 0.0253. The van der Waals surface area contributed by atoms with Crippen molar-refractivity contribution in [3.05, 3.63) is 163 Å². The van der Waals surface area contributed by atoms with Crippen LogP contribution in [0, 0.1) is 0 Å². The van der Waals surface area contributed by atoms with Gasteiger partial charge in [0.15, 0.2) is 0 Å². The number of fused-ring (bicyclic) bond motifs is 9. The molecule has 2 nitrogen and oxygen atoms in total. The van der Waals surface area contributed by atoms with Crippen LogP contribution in [0.5, 0.6) is 0 Å². The van der Waals surface area contributed by atoms with Gasteiger partial charge in [0, 0.05) is 27.8 Å². The Morgan fingerprint density at radius 3 is 1.76 bits per heavy atom. The maximum Gasteiger partial charge on any atom is 0.135 e. The predicted molar refractivity (Wildman–Crippen MR) is 212 cm³/mol. The third-order valence-electron chi connectivity index (χ3n) is 10.5. The predicted octanol–water partition coefficient (Wildman–Crippen LogP) is 14.0. The van der Waals surface area contributed by atoms with E-state index in [0.717, 1.165) is 39.0 Å². The lowest BCUT2D eigenvalue weighted by Crippen LogP contribution is -2.14. The molecule has 1 aromatic heterocycles. The van der Waals surface area contributed by atoms with Gasteiger partial charge in [-0.15, -0.1) is 0 Å². The fraction of sp³-hybridized carbons (Fsp3) is 0.0833. The zero-order chi connectivity index (χ0) is 33.6. The van der Waals surface area contributed by atoms with Crippen LogP contribution in [0.2, 0.25) is 0 Å². The summed E-state index contributed by atoms with van der Waals surface area (Å²) in [5.41, 5.74) is 14.3. The van der Waals surface area contributed by atoms with Crippen molar-refractivity contribution in [3.63, 3.8) is 0 Å². The van der Waals surface area contributed by atoms with E-state index in [0.29, 0.717) is 0 Å². The van der Waals surface area contributed by atoms with Gasteiger partial charge in [0.1, 0.15) is 11.2 Å². The van der Waals surface area contributed by atoms with Crippen molar-refractivity contribution in [2.75, 3.05) is 4.90 Å². The highest BCUT2D eigenvalue weighted by Gasteiger charge is 2.25. The first-order valence-corrected chi connectivity index (χ1v) is 17.4. The molecular weight excluding hydrogens is 607 g/mol. The van der Waals surface area contributed by atoms with E-state index < -0.39 is 0 Å². The van der Waals surface area contributed by atoms with Gasteiger partial charge < -0.3 is 9.32 Å². The fourth-order valence-corrected chi connectivity index (χ4v) is 7.77. The molecule has 10 rings (SSSR count). The molecule has 0 saturated carbocycles. The van der Waals surface area contributed by atoms with Crippen molar-refractivity contribution >= 4 is 60.5 Å². The van der Waals surface area contributed by atoms with Crippen LogP contribution >= 0.6 is 0 Å².